The first-order valence-corrected chi connectivity index (χ1v) is 13.4. The number of nitrogens with zero attached hydrogens (tertiary/aromatic N) is 3. The standard InChI is InChI=1S/C30H25N3O5S/c1-17-13-22-14-21(11-12-24(22)38-17)27(34)25-26(33(29(36)28(25)35)30-32-31-18(2)39-30)20-9-6-10-23(15-20)37-16-19-7-4-3-5-8-19/h3-12,14-15,17,26,34H,13,16H2,1-2H3/t17-,26-/m0/s1. The molecule has 1 N–H and O–H groups in total. The minimum atomic E-state index is -0.916. The van der Waals surface area contributed by atoms with Gasteiger partial charge in [-0.2, -0.15) is 0 Å². The van der Waals surface area contributed by atoms with E-state index in [0.29, 0.717) is 34.9 Å². The Kier molecular flexibility index (Phi) is 6.36. The summed E-state index contributed by atoms with van der Waals surface area (Å²) in [6.07, 6.45) is 0.723. The third-order valence-corrected chi connectivity index (χ3v) is 7.60. The van der Waals surface area contributed by atoms with Gasteiger partial charge in [-0.15, -0.1) is 10.2 Å². The molecule has 0 saturated carbocycles. The highest BCUT2D eigenvalue weighted by Gasteiger charge is 2.48. The van der Waals surface area contributed by atoms with Crippen molar-refractivity contribution in [3.05, 3.63) is 106 Å². The van der Waals surface area contributed by atoms with Crippen LogP contribution in [0.3, 0.4) is 0 Å². The fourth-order valence-electron chi connectivity index (χ4n) is 4.97. The minimum absolute atomic E-state index is 0.0139. The molecule has 2 aliphatic heterocycles. The molecular weight excluding hydrogens is 514 g/mol. The van der Waals surface area contributed by atoms with Crippen LogP contribution in [0.1, 0.15) is 40.2 Å². The Morgan fingerprint density at radius 1 is 1.08 bits per heavy atom. The number of aliphatic hydroxyl groups is 1. The maximum Gasteiger partial charge on any atom is 0.301 e. The Hall–Kier alpha value is -4.50. The van der Waals surface area contributed by atoms with Gasteiger partial charge in [-0.05, 0) is 60.9 Å². The van der Waals surface area contributed by atoms with Crippen molar-refractivity contribution in [2.24, 2.45) is 0 Å². The lowest BCUT2D eigenvalue weighted by Crippen LogP contribution is -2.29. The summed E-state index contributed by atoms with van der Waals surface area (Å²) >= 11 is 1.21. The lowest BCUT2D eigenvalue weighted by Gasteiger charge is -2.23. The van der Waals surface area contributed by atoms with E-state index in [1.807, 2.05) is 49.4 Å². The van der Waals surface area contributed by atoms with Crippen molar-refractivity contribution >= 4 is 33.9 Å². The second-order valence-electron chi connectivity index (χ2n) is 9.57. The molecule has 0 aliphatic carbocycles. The van der Waals surface area contributed by atoms with Gasteiger partial charge in [0, 0.05) is 12.0 Å². The van der Waals surface area contributed by atoms with Crippen LogP contribution in [0.15, 0.2) is 78.4 Å². The van der Waals surface area contributed by atoms with Gasteiger partial charge in [0.05, 0.1) is 11.6 Å². The highest BCUT2D eigenvalue weighted by Crippen LogP contribution is 2.44. The average molecular weight is 540 g/mol. The number of Topliss-reactive ketones (excluding diaryl/α,β-unsaturated/α-hetero) is 1. The number of anilines is 1. The molecule has 0 radical (unpaired) electrons. The van der Waals surface area contributed by atoms with Gasteiger partial charge in [0.15, 0.2) is 0 Å². The molecule has 2 aliphatic rings. The molecule has 0 bridgehead atoms. The molecule has 4 aromatic rings. The Bertz CT molecular complexity index is 1610. The first-order chi connectivity index (χ1) is 18.9. The molecule has 2 atom stereocenters. The van der Waals surface area contributed by atoms with E-state index >= 15 is 0 Å². The summed E-state index contributed by atoms with van der Waals surface area (Å²) in [5, 5.41) is 20.6. The van der Waals surface area contributed by atoms with Crippen molar-refractivity contribution in [1.82, 2.24) is 10.2 Å². The second-order valence-corrected chi connectivity index (χ2v) is 10.7. The van der Waals surface area contributed by atoms with E-state index < -0.39 is 17.7 Å². The molecule has 1 aromatic heterocycles. The number of carbonyl (C=O) groups excluding carboxylic acids is 2. The number of fused-ring (bicyclic) bond motifs is 1. The van der Waals surface area contributed by atoms with Crippen LogP contribution in [0.4, 0.5) is 5.13 Å². The Balaban J connectivity index is 1.44. The highest BCUT2D eigenvalue weighted by atomic mass is 32.1. The average Bonchev–Trinajstić information content (AvgIpc) is 3.62. The topological polar surface area (TPSA) is 102 Å². The van der Waals surface area contributed by atoms with E-state index in [2.05, 4.69) is 10.2 Å². The lowest BCUT2D eigenvalue weighted by atomic mass is 9.94. The summed E-state index contributed by atoms with van der Waals surface area (Å²) in [5.41, 5.74) is 2.98. The van der Waals surface area contributed by atoms with Gasteiger partial charge in [0.25, 0.3) is 5.78 Å². The number of hydrogen-bond acceptors (Lipinski definition) is 8. The molecule has 1 amide bonds. The number of ketones is 1. The largest absolute Gasteiger partial charge is 0.507 e. The number of benzene rings is 3. The van der Waals surface area contributed by atoms with E-state index in [9.17, 15) is 14.7 Å². The molecule has 8 nitrogen and oxygen atoms in total. The molecule has 6 rings (SSSR count). The SMILES string of the molecule is Cc1nnc(N2C(=O)C(=O)C(=C(O)c3ccc4c(c3)C[C@H](C)O4)[C@@H]2c2cccc(OCc3ccccc3)c2)s1. The highest BCUT2D eigenvalue weighted by molar-refractivity contribution is 7.15. The number of hydrogen-bond donors (Lipinski definition) is 1. The first kappa shape index (κ1) is 24.8. The molecule has 196 valence electrons. The quantitative estimate of drug-likeness (QED) is 0.200. The van der Waals surface area contributed by atoms with E-state index in [4.69, 9.17) is 9.47 Å². The minimum Gasteiger partial charge on any atom is -0.507 e. The predicted octanol–water partition coefficient (Wildman–Crippen LogP) is 5.38. The number of amides is 1. The number of aromatic nitrogens is 2. The van der Waals surface area contributed by atoms with Gasteiger partial charge >= 0.3 is 5.91 Å². The Morgan fingerprint density at radius 3 is 2.67 bits per heavy atom. The molecule has 1 fully saturated rings. The molecule has 0 unspecified atom stereocenters. The van der Waals surface area contributed by atoms with Crippen molar-refractivity contribution in [3.8, 4) is 11.5 Å². The van der Waals surface area contributed by atoms with Gasteiger partial charge in [0.2, 0.25) is 5.13 Å². The maximum atomic E-state index is 13.5. The van der Waals surface area contributed by atoms with Crippen molar-refractivity contribution in [2.45, 2.75) is 39.0 Å². The summed E-state index contributed by atoms with van der Waals surface area (Å²) in [7, 11) is 0. The molecule has 3 aromatic carbocycles. The van der Waals surface area contributed by atoms with Crippen molar-refractivity contribution in [3.63, 3.8) is 0 Å². The summed E-state index contributed by atoms with van der Waals surface area (Å²) < 4.78 is 11.8. The Morgan fingerprint density at radius 2 is 1.90 bits per heavy atom. The molecule has 9 heteroatoms. The number of rotatable bonds is 6. The summed E-state index contributed by atoms with van der Waals surface area (Å²) in [5.74, 6) is -0.486. The smallest absolute Gasteiger partial charge is 0.301 e. The zero-order valence-electron chi connectivity index (χ0n) is 21.3. The van der Waals surface area contributed by atoms with Crippen LogP contribution >= 0.6 is 11.3 Å². The normalized spacial score (nSPS) is 19.7. The van der Waals surface area contributed by atoms with Crippen LogP contribution in [0.5, 0.6) is 11.5 Å². The van der Waals surface area contributed by atoms with Crippen molar-refractivity contribution in [1.29, 1.82) is 0 Å². The van der Waals surface area contributed by atoms with Crippen molar-refractivity contribution in [2.75, 3.05) is 4.90 Å². The van der Waals surface area contributed by atoms with Crippen LogP contribution in [-0.2, 0) is 22.6 Å². The zero-order valence-corrected chi connectivity index (χ0v) is 22.1. The second kappa shape index (κ2) is 9.99. The van der Waals surface area contributed by atoms with E-state index in [1.165, 1.54) is 16.2 Å². The van der Waals surface area contributed by atoms with Gasteiger partial charge in [-0.25, -0.2) is 0 Å². The van der Waals surface area contributed by atoms with E-state index in [0.717, 1.165) is 16.9 Å². The molecule has 3 heterocycles. The van der Waals surface area contributed by atoms with Crippen LogP contribution in [0, 0.1) is 6.92 Å². The third-order valence-electron chi connectivity index (χ3n) is 6.76. The van der Waals surface area contributed by atoms with E-state index in [-0.39, 0.29) is 22.6 Å². The monoisotopic (exact) mass is 539 g/mol. The van der Waals surface area contributed by atoms with Crippen LogP contribution < -0.4 is 14.4 Å². The van der Waals surface area contributed by atoms with Gasteiger partial charge in [0.1, 0.15) is 35.0 Å². The third kappa shape index (κ3) is 4.66. The predicted molar refractivity (Wildman–Crippen MR) is 147 cm³/mol. The van der Waals surface area contributed by atoms with Gasteiger partial charge in [-0.1, -0.05) is 53.8 Å². The number of aliphatic hydroxyl groups excluding tert-OH is 1. The lowest BCUT2D eigenvalue weighted by molar-refractivity contribution is -0.132. The fraction of sp³-hybridized carbons (Fsp3) is 0.200. The summed E-state index contributed by atoms with van der Waals surface area (Å²) in [6, 6.07) is 21.4. The van der Waals surface area contributed by atoms with Gasteiger partial charge < -0.3 is 14.6 Å². The van der Waals surface area contributed by atoms with Crippen molar-refractivity contribution < 1.29 is 24.2 Å². The molecule has 1 saturated heterocycles. The zero-order chi connectivity index (χ0) is 27.1. The van der Waals surface area contributed by atoms with E-state index in [1.54, 1.807) is 37.3 Å². The van der Waals surface area contributed by atoms with Crippen LogP contribution in [-0.4, -0.2) is 33.1 Å². The maximum absolute atomic E-state index is 13.5. The summed E-state index contributed by atoms with van der Waals surface area (Å²) in [6.45, 7) is 4.11. The molecule has 39 heavy (non-hydrogen) atoms. The van der Waals surface area contributed by atoms with Crippen LogP contribution in [0.25, 0.3) is 5.76 Å². The number of carbonyl (C=O) groups is 2. The Labute approximate surface area is 229 Å². The molecule has 0 spiro atoms. The van der Waals surface area contributed by atoms with Gasteiger partial charge in [-0.3, -0.25) is 14.5 Å². The fourth-order valence-corrected chi connectivity index (χ4v) is 5.68. The number of aryl methyl sites for hydroxylation is 1. The van der Waals surface area contributed by atoms with Crippen LogP contribution in [0.2, 0.25) is 0 Å². The number of ether oxygens (including phenoxy) is 2. The molecular formula is C30H25N3O5S. The first-order valence-electron chi connectivity index (χ1n) is 12.6. The summed E-state index contributed by atoms with van der Waals surface area (Å²) in [4.78, 5) is 28.2.